The molecule has 3 amide bonds. The molecule has 0 saturated carbocycles. The van der Waals surface area contributed by atoms with Crippen LogP contribution in [-0.2, 0) is 25.7 Å². The zero-order valence-electron chi connectivity index (χ0n) is 25.3. The van der Waals surface area contributed by atoms with Crippen LogP contribution in [0.1, 0.15) is 43.9 Å². The number of aromatic nitrogens is 2. The van der Waals surface area contributed by atoms with E-state index in [4.69, 9.17) is 10.5 Å². The number of carbonyl (C=O) groups excluding carboxylic acids is 3. The van der Waals surface area contributed by atoms with Gasteiger partial charge in [-0.05, 0) is 54.7 Å². The molecule has 2 atom stereocenters. The second-order valence-electron chi connectivity index (χ2n) is 11.5. The summed E-state index contributed by atoms with van der Waals surface area (Å²) in [6.45, 7) is 4.75. The highest BCUT2D eigenvalue weighted by atomic mass is 35.5. The van der Waals surface area contributed by atoms with Crippen LogP contribution in [0.5, 0.6) is 0 Å². The summed E-state index contributed by atoms with van der Waals surface area (Å²) in [5.74, 6) is -1.02. The molecule has 1 saturated heterocycles. The number of nitrogens with one attached hydrogen (secondary N) is 2. The lowest BCUT2D eigenvalue weighted by Crippen LogP contribution is -2.56. The quantitative estimate of drug-likeness (QED) is 0.219. The predicted octanol–water partition coefficient (Wildman–Crippen LogP) is 4.47. The van der Waals surface area contributed by atoms with Crippen molar-refractivity contribution in [1.29, 1.82) is 0 Å². The number of amides is 3. The van der Waals surface area contributed by atoms with E-state index in [0.29, 0.717) is 18.8 Å². The number of likely N-dealkylation sites (tertiary alicyclic amines) is 1. The lowest BCUT2D eigenvalue weighted by molar-refractivity contribution is -0.132. The van der Waals surface area contributed by atoms with E-state index >= 15 is 0 Å². The van der Waals surface area contributed by atoms with Gasteiger partial charge in [-0.15, -0.1) is 24.8 Å². The number of hydrogen-bond donors (Lipinski definition) is 3. The Kier molecular flexibility index (Phi) is 12.5. The first-order valence-electron chi connectivity index (χ1n) is 14.5. The van der Waals surface area contributed by atoms with Gasteiger partial charge in [0.05, 0.1) is 30.6 Å². The zero-order valence-corrected chi connectivity index (χ0v) is 27.0. The number of hydrogen-bond acceptors (Lipinski definition) is 6. The van der Waals surface area contributed by atoms with Gasteiger partial charge in [0.15, 0.2) is 6.04 Å². The Morgan fingerprint density at radius 2 is 1.62 bits per heavy atom. The minimum absolute atomic E-state index is 0. The highest BCUT2D eigenvalue weighted by Crippen LogP contribution is 2.27. The molecule has 1 aromatic heterocycles. The summed E-state index contributed by atoms with van der Waals surface area (Å²) in [6.07, 6.45) is 5.08. The Labute approximate surface area is 275 Å². The van der Waals surface area contributed by atoms with Crippen molar-refractivity contribution in [3.05, 3.63) is 96.3 Å². The average Bonchev–Trinajstić information content (AvgIpc) is 3.70. The molecule has 45 heavy (non-hydrogen) atoms. The maximum atomic E-state index is 13.8. The Morgan fingerprint density at radius 1 is 0.956 bits per heavy atom. The Hall–Kier alpha value is -3.96. The average molecular weight is 656 g/mol. The van der Waals surface area contributed by atoms with Crippen molar-refractivity contribution in [2.75, 3.05) is 25.0 Å². The molecule has 4 N–H and O–H groups in total. The molecule has 1 unspecified atom stereocenters. The third kappa shape index (κ3) is 9.04. The van der Waals surface area contributed by atoms with Gasteiger partial charge in [0.25, 0.3) is 5.91 Å². The second kappa shape index (κ2) is 15.9. The van der Waals surface area contributed by atoms with Crippen molar-refractivity contribution < 1.29 is 19.1 Å². The molecule has 5 rings (SSSR count). The summed E-state index contributed by atoms with van der Waals surface area (Å²) < 4.78 is 7.38. The predicted molar refractivity (Wildman–Crippen MR) is 180 cm³/mol. The summed E-state index contributed by atoms with van der Waals surface area (Å²) in [7, 11) is 0. The molecule has 12 heteroatoms. The second-order valence-corrected chi connectivity index (χ2v) is 11.5. The van der Waals surface area contributed by atoms with E-state index in [0.717, 1.165) is 34.7 Å². The molecule has 1 aliphatic rings. The normalized spacial score (nSPS) is 14.2. The van der Waals surface area contributed by atoms with Crippen LogP contribution in [-0.4, -0.2) is 63.7 Å². The fourth-order valence-electron chi connectivity index (χ4n) is 5.07. The highest BCUT2D eigenvalue weighted by Gasteiger charge is 2.31. The molecule has 1 fully saturated rings. The van der Waals surface area contributed by atoms with Gasteiger partial charge in [-0.25, -0.2) is 0 Å². The number of fused-ring (bicyclic) bond motifs is 1. The summed E-state index contributed by atoms with van der Waals surface area (Å²) in [5.41, 5.74) is 6.92. The van der Waals surface area contributed by atoms with Crippen LogP contribution in [0.2, 0.25) is 0 Å². The van der Waals surface area contributed by atoms with E-state index in [1.54, 1.807) is 24.7 Å². The number of ether oxygens (including phenoxy) is 1. The van der Waals surface area contributed by atoms with E-state index in [-0.39, 0.29) is 43.9 Å². The third-order valence-electron chi connectivity index (χ3n) is 7.48. The van der Waals surface area contributed by atoms with Crippen LogP contribution in [0.25, 0.3) is 10.8 Å². The van der Waals surface area contributed by atoms with Crippen molar-refractivity contribution in [3.63, 3.8) is 0 Å². The summed E-state index contributed by atoms with van der Waals surface area (Å²) >= 11 is 0. The number of benzene rings is 3. The lowest BCUT2D eigenvalue weighted by Gasteiger charge is -2.24. The maximum absolute atomic E-state index is 13.8. The molecule has 4 aromatic rings. The van der Waals surface area contributed by atoms with Gasteiger partial charge in [-0.3, -0.25) is 19.1 Å². The van der Waals surface area contributed by atoms with Crippen LogP contribution < -0.4 is 16.4 Å². The van der Waals surface area contributed by atoms with Crippen LogP contribution in [0.15, 0.2) is 85.2 Å². The third-order valence-corrected chi connectivity index (χ3v) is 7.48. The van der Waals surface area contributed by atoms with Gasteiger partial charge >= 0.3 is 0 Å². The van der Waals surface area contributed by atoms with E-state index in [1.807, 2.05) is 77.7 Å². The first kappa shape index (κ1) is 35.5. The SMILES string of the molecule is CC(C)(N)C(=O)N[C@H](COCc1ccccc1)C(=O)Nc1cnn(C(C(=O)N2CCCC2)c2ccc3ccccc3c2)c1.Cl.Cl. The lowest BCUT2D eigenvalue weighted by atomic mass is 10.0. The van der Waals surface area contributed by atoms with Crippen molar-refractivity contribution in [3.8, 4) is 0 Å². The van der Waals surface area contributed by atoms with Crippen molar-refractivity contribution in [2.24, 2.45) is 5.73 Å². The number of anilines is 1. The molecule has 0 radical (unpaired) electrons. The minimum Gasteiger partial charge on any atom is -0.374 e. The number of nitrogens with two attached hydrogens (primary N) is 1. The molecular formula is C33H40Cl2N6O4. The van der Waals surface area contributed by atoms with Gasteiger partial charge in [-0.2, -0.15) is 5.10 Å². The van der Waals surface area contributed by atoms with E-state index < -0.39 is 29.4 Å². The molecule has 10 nitrogen and oxygen atoms in total. The summed E-state index contributed by atoms with van der Waals surface area (Å²) in [4.78, 5) is 41.7. The zero-order chi connectivity index (χ0) is 30.4. The first-order valence-corrected chi connectivity index (χ1v) is 14.5. The molecule has 3 aromatic carbocycles. The fourth-order valence-corrected chi connectivity index (χ4v) is 5.07. The number of nitrogens with zero attached hydrogens (tertiary/aromatic N) is 3. The molecule has 1 aliphatic heterocycles. The van der Waals surface area contributed by atoms with Crippen molar-refractivity contribution in [2.45, 2.75) is 50.9 Å². The molecule has 2 heterocycles. The van der Waals surface area contributed by atoms with Crippen LogP contribution in [0.3, 0.4) is 0 Å². The van der Waals surface area contributed by atoms with Crippen molar-refractivity contribution >= 4 is 59.0 Å². The molecular weight excluding hydrogens is 615 g/mol. The fraction of sp³-hybridized carbons (Fsp3) is 0.333. The molecule has 0 aliphatic carbocycles. The van der Waals surface area contributed by atoms with Crippen LogP contribution in [0, 0.1) is 0 Å². The summed E-state index contributed by atoms with van der Waals surface area (Å²) in [5, 5.41) is 12.1. The monoisotopic (exact) mass is 654 g/mol. The highest BCUT2D eigenvalue weighted by molar-refractivity contribution is 5.98. The van der Waals surface area contributed by atoms with Gasteiger partial charge in [-0.1, -0.05) is 66.7 Å². The number of halogens is 2. The van der Waals surface area contributed by atoms with Gasteiger partial charge in [0.2, 0.25) is 11.8 Å². The van der Waals surface area contributed by atoms with Crippen molar-refractivity contribution in [1.82, 2.24) is 20.0 Å². The summed E-state index contributed by atoms with van der Waals surface area (Å²) in [6, 6.07) is 21.8. The standard InChI is InChI=1S/C33H38N6O4.2ClH/c1-33(2,34)32(42)37-28(22-43-21-23-10-4-3-5-11-23)30(40)36-27-19-35-39(20-27)29(31(41)38-16-8-9-17-38)26-15-14-24-12-6-7-13-25(24)18-26;;/h3-7,10-15,18-20,28-29H,8-9,16-17,21-22,34H2,1-2H3,(H,36,40)(H,37,42);2*1H/t28-,29?;;/m1../s1. The topological polar surface area (TPSA) is 132 Å². The Bertz CT molecular complexity index is 1580. The van der Waals surface area contributed by atoms with Gasteiger partial charge in [0, 0.05) is 19.3 Å². The van der Waals surface area contributed by atoms with E-state index in [1.165, 1.54) is 6.20 Å². The molecule has 0 spiro atoms. The van der Waals surface area contributed by atoms with E-state index in [9.17, 15) is 14.4 Å². The minimum atomic E-state index is -1.19. The van der Waals surface area contributed by atoms with Crippen LogP contribution >= 0.6 is 24.8 Å². The van der Waals surface area contributed by atoms with E-state index in [2.05, 4.69) is 15.7 Å². The molecule has 0 bridgehead atoms. The Morgan fingerprint density at radius 3 is 2.31 bits per heavy atom. The molecule has 240 valence electrons. The maximum Gasteiger partial charge on any atom is 0.252 e. The number of rotatable bonds is 11. The van der Waals surface area contributed by atoms with Gasteiger partial charge in [0.1, 0.15) is 6.04 Å². The smallest absolute Gasteiger partial charge is 0.252 e. The first-order chi connectivity index (χ1) is 20.7. The van der Waals surface area contributed by atoms with Gasteiger partial charge < -0.3 is 26.0 Å². The number of carbonyl (C=O) groups is 3. The Balaban J connectivity index is 0.00000276. The largest absolute Gasteiger partial charge is 0.374 e. The van der Waals surface area contributed by atoms with Crippen LogP contribution in [0.4, 0.5) is 5.69 Å².